The summed E-state index contributed by atoms with van der Waals surface area (Å²) in [7, 11) is 0. The van der Waals surface area contributed by atoms with Gasteiger partial charge in [-0.1, -0.05) is 40.0 Å². The molecule has 19 heavy (non-hydrogen) atoms. The van der Waals surface area contributed by atoms with Crippen LogP contribution in [-0.2, 0) is 4.74 Å². The molecule has 1 fully saturated rings. The summed E-state index contributed by atoms with van der Waals surface area (Å²) < 4.78 is 6.02. The Hall–Kier alpha value is -0.0800. The topological polar surface area (TPSA) is 21.3 Å². The van der Waals surface area contributed by atoms with Crippen LogP contribution in [0.1, 0.15) is 72.6 Å². The first-order chi connectivity index (χ1) is 9.13. The summed E-state index contributed by atoms with van der Waals surface area (Å²) in [6.45, 7) is 11.2. The van der Waals surface area contributed by atoms with Gasteiger partial charge in [-0.15, -0.1) is 0 Å². The molecule has 0 aromatic carbocycles. The van der Waals surface area contributed by atoms with Crippen LogP contribution in [-0.4, -0.2) is 25.3 Å². The van der Waals surface area contributed by atoms with Crippen LogP contribution in [0.15, 0.2) is 0 Å². The van der Waals surface area contributed by atoms with Crippen molar-refractivity contribution in [3.05, 3.63) is 0 Å². The highest BCUT2D eigenvalue weighted by atomic mass is 16.5. The molecule has 0 aromatic heterocycles. The summed E-state index contributed by atoms with van der Waals surface area (Å²) in [4.78, 5) is 0. The van der Waals surface area contributed by atoms with Gasteiger partial charge in [-0.2, -0.15) is 0 Å². The molecule has 0 heterocycles. The second-order valence-electron chi connectivity index (χ2n) is 6.61. The maximum absolute atomic E-state index is 6.02. The molecular weight excluding hydrogens is 234 g/mol. The van der Waals surface area contributed by atoms with E-state index >= 15 is 0 Å². The van der Waals surface area contributed by atoms with Gasteiger partial charge >= 0.3 is 0 Å². The predicted octanol–water partition coefficient (Wildman–Crippen LogP) is 4.39. The summed E-state index contributed by atoms with van der Waals surface area (Å²) in [6, 6.07) is 0.639. The first kappa shape index (κ1) is 17.0. The summed E-state index contributed by atoms with van der Waals surface area (Å²) in [5.41, 5.74) is 0. The van der Waals surface area contributed by atoms with E-state index in [0.717, 1.165) is 25.0 Å². The quantitative estimate of drug-likeness (QED) is 0.627. The third kappa shape index (κ3) is 7.31. The van der Waals surface area contributed by atoms with E-state index in [-0.39, 0.29) is 0 Å². The zero-order chi connectivity index (χ0) is 14.1. The average Bonchev–Trinajstić information content (AvgIpc) is 2.39. The molecule has 4 atom stereocenters. The monoisotopic (exact) mass is 269 g/mol. The lowest BCUT2D eigenvalue weighted by molar-refractivity contribution is 0.00367. The van der Waals surface area contributed by atoms with Crippen molar-refractivity contribution < 1.29 is 4.74 Å². The third-order valence-corrected chi connectivity index (χ3v) is 4.74. The molecule has 0 amide bonds. The maximum atomic E-state index is 6.02. The predicted molar refractivity (Wildman–Crippen MR) is 83.5 cm³/mol. The Balaban J connectivity index is 1.98. The standard InChI is InChI=1S/C17H35NO/c1-5-6-7-8-16(4)18-11-12-19-17-10-9-14(2)15(3)13-17/h14-18H,5-13H2,1-4H3. The molecule has 1 aliphatic carbocycles. The lowest BCUT2D eigenvalue weighted by atomic mass is 9.80. The van der Waals surface area contributed by atoms with Crippen LogP contribution in [0.2, 0.25) is 0 Å². The van der Waals surface area contributed by atoms with Gasteiger partial charge in [0.1, 0.15) is 0 Å². The van der Waals surface area contributed by atoms with Crippen LogP contribution >= 0.6 is 0 Å². The molecule has 0 saturated heterocycles. The summed E-state index contributed by atoms with van der Waals surface area (Å²) in [5, 5.41) is 3.58. The third-order valence-electron chi connectivity index (χ3n) is 4.74. The van der Waals surface area contributed by atoms with Gasteiger partial charge in [0.15, 0.2) is 0 Å². The molecule has 0 aromatic rings. The molecule has 2 nitrogen and oxygen atoms in total. The van der Waals surface area contributed by atoms with Crippen molar-refractivity contribution in [3.63, 3.8) is 0 Å². The summed E-state index contributed by atoms with van der Waals surface area (Å²) in [5.74, 6) is 1.72. The fourth-order valence-corrected chi connectivity index (χ4v) is 2.98. The zero-order valence-corrected chi connectivity index (χ0v) is 13.6. The molecule has 1 N–H and O–H groups in total. The van der Waals surface area contributed by atoms with Crippen molar-refractivity contribution in [3.8, 4) is 0 Å². The SMILES string of the molecule is CCCCCC(C)NCCOC1CCC(C)C(C)C1. The Kier molecular flexibility index (Phi) is 8.72. The summed E-state index contributed by atoms with van der Waals surface area (Å²) in [6.07, 6.45) is 9.70. The Morgan fingerprint density at radius 2 is 1.95 bits per heavy atom. The van der Waals surface area contributed by atoms with E-state index in [4.69, 9.17) is 4.74 Å². The number of hydrogen-bond donors (Lipinski definition) is 1. The highest BCUT2D eigenvalue weighted by Gasteiger charge is 2.24. The minimum absolute atomic E-state index is 0.517. The molecule has 4 unspecified atom stereocenters. The van der Waals surface area contributed by atoms with Gasteiger partial charge in [-0.05, 0) is 44.4 Å². The summed E-state index contributed by atoms with van der Waals surface area (Å²) >= 11 is 0. The number of nitrogens with one attached hydrogen (secondary N) is 1. The smallest absolute Gasteiger partial charge is 0.0594 e. The average molecular weight is 269 g/mol. The molecule has 0 spiro atoms. The van der Waals surface area contributed by atoms with E-state index in [1.165, 1.54) is 44.9 Å². The van der Waals surface area contributed by atoms with E-state index in [2.05, 4.69) is 33.0 Å². The fraction of sp³-hybridized carbons (Fsp3) is 1.00. The first-order valence-electron chi connectivity index (χ1n) is 8.48. The zero-order valence-electron chi connectivity index (χ0n) is 13.6. The van der Waals surface area contributed by atoms with E-state index in [9.17, 15) is 0 Å². The lowest BCUT2D eigenvalue weighted by Gasteiger charge is -2.32. The maximum Gasteiger partial charge on any atom is 0.0594 e. The molecule has 1 saturated carbocycles. The van der Waals surface area contributed by atoms with Crippen molar-refractivity contribution in [1.29, 1.82) is 0 Å². The van der Waals surface area contributed by atoms with Crippen LogP contribution in [0.25, 0.3) is 0 Å². The minimum Gasteiger partial charge on any atom is -0.377 e. The van der Waals surface area contributed by atoms with Gasteiger partial charge < -0.3 is 10.1 Å². The Morgan fingerprint density at radius 3 is 2.63 bits per heavy atom. The van der Waals surface area contributed by atoms with Crippen LogP contribution in [0.3, 0.4) is 0 Å². The van der Waals surface area contributed by atoms with Crippen LogP contribution in [0, 0.1) is 11.8 Å². The highest BCUT2D eigenvalue weighted by molar-refractivity contribution is 4.75. The van der Waals surface area contributed by atoms with Crippen LogP contribution in [0.4, 0.5) is 0 Å². The second kappa shape index (κ2) is 9.77. The Morgan fingerprint density at radius 1 is 1.16 bits per heavy atom. The number of hydrogen-bond acceptors (Lipinski definition) is 2. The largest absolute Gasteiger partial charge is 0.377 e. The molecule has 114 valence electrons. The van der Waals surface area contributed by atoms with Crippen molar-refractivity contribution in [2.75, 3.05) is 13.2 Å². The second-order valence-corrected chi connectivity index (χ2v) is 6.61. The first-order valence-corrected chi connectivity index (χ1v) is 8.48. The van der Waals surface area contributed by atoms with Crippen molar-refractivity contribution in [2.24, 2.45) is 11.8 Å². The van der Waals surface area contributed by atoms with E-state index < -0.39 is 0 Å². The van der Waals surface area contributed by atoms with Crippen molar-refractivity contribution >= 4 is 0 Å². The van der Waals surface area contributed by atoms with Crippen LogP contribution < -0.4 is 5.32 Å². The molecule has 0 aliphatic heterocycles. The molecule has 2 heteroatoms. The molecule has 0 radical (unpaired) electrons. The van der Waals surface area contributed by atoms with Gasteiger partial charge in [0.05, 0.1) is 12.7 Å². The van der Waals surface area contributed by atoms with Gasteiger partial charge in [-0.25, -0.2) is 0 Å². The molecule has 0 bridgehead atoms. The van der Waals surface area contributed by atoms with Gasteiger partial charge in [0.25, 0.3) is 0 Å². The van der Waals surface area contributed by atoms with Crippen molar-refractivity contribution in [2.45, 2.75) is 84.8 Å². The molecular formula is C17H35NO. The van der Waals surface area contributed by atoms with E-state index in [1.807, 2.05) is 0 Å². The highest BCUT2D eigenvalue weighted by Crippen LogP contribution is 2.30. The number of ether oxygens (including phenoxy) is 1. The number of unbranched alkanes of at least 4 members (excludes halogenated alkanes) is 2. The molecule has 1 rings (SSSR count). The van der Waals surface area contributed by atoms with Crippen LogP contribution in [0.5, 0.6) is 0 Å². The Labute approximate surface area is 120 Å². The number of rotatable bonds is 9. The van der Waals surface area contributed by atoms with Gasteiger partial charge in [-0.3, -0.25) is 0 Å². The van der Waals surface area contributed by atoms with E-state index in [0.29, 0.717) is 12.1 Å². The van der Waals surface area contributed by atoms with E-state index in [1.54, 1.807) is 0 Å². The Bertz CT molecular complexity index is 219. The lowest BCUT2D eigenvalue weighted by Crippen LogP contribution is -2.32. The van der Waals surface area contributed by atoms with Crippen molar-refractivity contribution in [1.82, 2.24) is 5.32 Å². The van der Waals surface area contributed by atoms with Gasteiger partial charge in [0, 0.05) is 12.6 Å². The molecule has 1 aliphatic rings. The fourth-order valence-electron chi connectivity index (χ4n) is 2.98. The normalized spacial score (nSPS) is 29.4. The minimum atomic E-state index is 0.517. The van der Waals surface area contributed by atoms with Gasteiger partial charge in [0.2, 0.25) is 0 Å².